The lowest BCUT2D eigenvalue weighted by atomic mass is 10.1. The zero-order valence-corrected chi connectivity index (χ0v) is 14.0. The third-order valence-electron chi connectivity index (χ3n) is 3.80. The predicted octanol–water partition coefficient (Wildman–Crippen LogP) is 3.72. The molecule has 0 radical (unpaired) electrons. The van der Waals surface area contributed by atoms with Gasteiger partial charge in [0.1, 0.15) is 11.6 Å². The number of amides is 2. The van der Waals surface area contributed by atoms with Gasteiger partial charge in [0.05, 0.1) is 11.6 Å². The molecule has 1 aliphatic heterocycles. The van der Waals surface area contributed by atoms with Gasteiger partial charge in [-0.2, -0.15) is 0 Å². The largest absolute Gasteiger partial charge is 0.323 e. The SMILES string of the molecule is O=C(Nc1cc(F)ccc1F)C1CC(=O)N(c2cccc(Br)c2)C1. The Kier molecular flexibility index (Phi) is 4.62. The van der Waals surface area contributed by atoms with Gasteiger partial charge < -0.3 is 10.2 Å². The molecule has 0 aliphatic carbocycles. The molecule has 1 aliphatic rings. The molecule has 1 heterocycles. The van der Waals surface area contributed by atoms with Crippen molar-refractivity contribution >= 4 is 39.1 Å². The van der Waals surface area contributed by atoms with Gasteiger partial charge in [-0.05, 0) is 30.3 Å². The van der Waals surface area contributed by atoms with Crippen molar-refractivity contribution in [3.05, 3.63) is 58.6 Å². The summed E-state index contributed by atoms with van der Waals surface area (Å²) >= 11 is 3.34. The van der Waals surface area contributed by atoms with E-state index in [1.54, 1.807) is 18.2 Å². The first-order valence-electron chi connectivity index (χ1n) is 7.26. The highest BCUT2D eigenvalue weighted by atomic mass is 79.9. The highest BCUT2D eigenvalue weighted by molar-refractivity contribution is 9.10. The van der Waals surface area contributed by atoms with Crippen LogP contribution in [-0.2, 0) is 9.59 Å². The van der Waals surface area contributed by atoms with E-state index >= 15 is 0 Å². The first-order chi connectivity index (χ1) is 11.4. The highest BCUT2D eigenvalue weighted by Crippen LogP contribution is 2.28. The van der Waals surface area contributed by atoms with E-state index in [-0.39, 0.29) is 24.6 Å². The van der Waals surface area contributed by atoms with Crippen LogP contribution in [0.5, 0.6) is 0 Å². The summed E-state index contributed by atoms with van der Waals surface area (Å²) < 4.78 is 27.6. The maximum absolute atomic E-state index is 13.6. The van der Waals surface area contributed by atoms with Crippen LogP contribution in [0.3, 0.4) is 0 Å². The van der Waals surface area contributed by atoms with Crippen molar-refractivity contribution in [2.24, 2.45) is 5.92 Å². The van der Waals surface area contributed by atoms with E-state index in [1.165, 1.54) is 4.90 Å². The van der Waals surface area contributed by atoms with Crippen LogP contribution in [0.2, 0.25) is 0 Å². The van der Waals surface area contributed by atoms with Crippen molar-refractivity contribution in [2.45, 2.75) is 6.42 Å². The van der Waals surface area contributed by atoms with Crippen LogP contribution in [0.15, 0.2) is 46.9 Å². The van der Waals surface area contributed by atoms with Gasteiger partial charge in [-0.15, -0.1) is 0 Å². The Morgan fingerprint density at radius 3 is 2.75 bits per heavy atom. The van der Waals surface area contributed by atoms with Crippen LogP contribution in [0.4, 0.5) is 20.2 Å². The predicted molar refractivity (Wildman–Crippen MR) is 89.6 cm³/mol. The molecule has 1 fully saturated rings. The standard InChI is InChI=1S/C17H13BrF2N2O2/c18-11-2-1-3-13(7-11)22-9-10(6-16(22)23)17(24)21-15-8-12(19)4-5-14(15)20/h1-5,7-8,10H,6,9H2,(H,21,24). The average molecular weight is 395 g/mol. The summed E-state index contributed by atoms with van der Waals surface area (Å²) in [6.45, 7) is 0.193. The first-order valence-corrected chi connectivity index (χ1v) is 8.05. The summed E-state index contributed by atoms with van der Waals surface area (Å²) in [6, 6.07) is 10.0. The molecule has 124 valence electrons. The molecular formula is C17H13BrF2N2O2. The third-order valence-corrected chi connectivity index (χ3v) is 4.30. The Hall–Kier alpha value is -2.28. The second kappa shape index (κ2) is 6.68. The minimum Gasteiger partial charge on any atom is -0.323 e. The van der Waals surface area contributed by atoms with Crippen molar-refractivity contribution < 1.29 is 18.4 Å². The number of halogens is 3. The molecule has 1 atom stereocenters. The lowest BCUT2D eigenvalue weighted by molar-refractivity contribution is -0.122. The number of rotatable bonds is 3. The molecule has 1 saturated heterocycles. The molecule has 2 aromatic rings. The van der Waals surface area contributed by atoms with Gasteiger partial charge >= 0.3 is 0 Å². The van der Waals surface area contributed by atoms with Crippen molar-refractivity contribution in [1.29, 1.82) is 0 Å². The fourth-order valence-electron chi connectivity index (χ4n) is 2.60. The minimum atomic E-state index is -0.724. The van der Waals surface area contributed by atoms with E-state index < -0.39 is 23.5 Å². The van der Waals surface area contributed by atoms with E-state index in [4.69, 9.17) is 0 Å². The van der Waals surface area contributed by atoms with Crippen molar-refractivity contribution in [3.8, 4) is 0 Å². The Bertz CT molecular complexity index is 813. The molecule has 2 amide bonds. The molecular weight excluding hydrogens is 382 g/mol. The lowest BCUT2D eigenvalue weighted by Crippen LogP contribution is -2.28. The smallest absolute Gasteiger partial charge is 0.229 e. The van der Waals surface area contributed by atoms with Gasteiger partial charge in [0.15, 0.2) is 0 Å². The van der Waals surface area contributed by atoms with Gasteiger partial charge in [0.2, 0.25) is 11.8 Å². The summed E-state index contributed by atoms with van der Waals surface area (Å²) in [5.41, 5.74) is 0.454. The summed E-state index contributed by atoms with van der Waals surface area (Å²) in [4.78, 5) is 26.0. The van der Waals surface area contributed by atoms with E-state index in [0.29, 0.717) is 5.69 Å². The zero-order valence-electron chi connectivity index (χ0n) is 12.4. The Morgan fingerprint density at radius 1 is 1.21 bits per heavy atom. The quantitative estimate of drug-likeness (QED) is 0.862. The van der Waals surface area contributed by atoms with Gasteiger partial charge in [0.25, 0.3) is 0 Å². The molecule has 4 nitrogen and oxygen atoms in total. The fourth-order valence-corrected chi connectivity index (χ4v) is 2.99. The van der Waals surface area contributed by atoms with Gasteiger partial charge in [0, 0.05) is 29.2 Å². The number of carbonyl (C=O) groups is 2. The van der Waals surface area contributed by atoms with Crippen LogP contribution in [0.1, 0.15) is 6.42 Å². The highest BCUT2D eigenvalue weighted by Gasteiger charge is 2.35. The van der Waals surface area contributed by atoms with E-state index in [2.05, 4.69) is 21.2 Å². The second-order valence-electron chi connectivity index (χ2n) is 5.50. The zero-order chi connectivity index (χ0) is 17.3. The summed E-state index contributed by atoms with van der Waals surface area (Å²) in [5.74, 6) is -2.69. The number of nitrogens with zero attached hydrogens (tertiary/aromatic N) is 1. The Morgan fingerprint density at radius 2 is 2.00 bits per heavy atom. The molecule has 3 rings (SSSR count). The normalized spacial score (nSPS) is 17.2. The first kappa shape index (κ1) is 16.6. The molecule has 2 aromatic carbocycles. The van der Waals surface area contributed by atoms with Crippen LogP contribution in [0, 0.1) is 17.6 Å². The molecule has 1 unspecified atom stereocenters. The van der Waals surface area contributed by atoms with Crippen molar-refractivity contribution in [2.75, 3.05) is 16.8 Å². The summed E-state index contributed by atoms with van der Waals surface area (Å²) in [5, 5.41) is 2.35. The van der Waals surface area contributed by atoms with Crippen LogP contribution < -0.4 is 10.2 Å². The Balaban J connectivity index is 1.73. The summed E-state index contributed by atoms with van der Waals surface area (Å²) in [7, 11) is 0. The third kappa shape index (κ3) is 3.46. The molecule has 0 aromatic heterocycles. The molecule has 1 N–H and O–H groups in total. The van der Waals surface area contributed by atoms with Crippen LogP contribution in [-0.4, -0.2) is 18.4 Å². The number of hydrogen-bond donors (Lipinski definition) is 1. The molecule has 0 spiro atoms. The maximum atomic E-state index is 13.6. The van der Waals surface area contributed by atoms with E-state index in [9.17, 15) is 18.4 Å². The monoisotopic (exact) mass is 394 g/mol. The van der Waals surface area contributed by atoms with Gasteiger partial charge in [-0.3, -0.25) is 9.59 Å². The number of carbonyl (C=O) groups excluding carboxylic acids is 2. The van der Waals surface area contributed by atoms with Gasteiger partial charge in [-0.25, -0.2) is 8.78 Å². The second-order valence-corrected chi connectivity index (χ2v) is 6.41. The number of nitrogens with one attached hydrogen (secondary N) is 1. The molecule has 7 heteroatoms. The maximum Gasteiger partial charge on any atom is 0.229 e. The minimum absolute atomic E-state index is 0.0231. The number of benzene rings is 2. The van der Waals surface area contributed by atoms with Crippen molar-refractivity contribution in [3.63, 3.8) is 0 Å². The number of hydrogen-bond acceptors (Lipinski definition) is 2. The van der Waals surface area contributed by atoms with Crippen molar-refractivity contribution in [1.82, 2.24) is 0 Å². The van der Waals surface area contributed by atoms with Crippen LogP contribution in [0.25, 0.3) is 0 Å². The number of anilines is 2. The fraction of sp³-hybridized carbons (Fsp3) is 0.176. The summed E-state index contributed by atoms with van der Waals surface area (Å²) in [6.07, 6.45) is 0.0231. The van der Waals surface area contributed by atoms with Gasteiger partial charge in [-0.1, -0.05) is 22.0 Å². The molecule has 0 saturated carbocycles. The topological polar surface area (TPSA) is 49.4 Å². The van der Waals surface area contributed by atoms with Crippen LogP contribution >= 0.6 is 15.9 Å². The average Bonchev–Trinajstić information content (AvgIpc) is 2.93. The molecule has 0 bridgehead atoms. The Labute approximate surface area is 145 Å². The molecule has 24 heavy (non-hydrogen) atoms. The lowest BCUT2D eigenvalue weighted by Gasteiger charge is -2.17. The van der Waals surface area contributed by atoms with E-state index in [1.807, 2.05) is 6.07 Å². The van der Waals surface area contributed by atoms with E-state index in [0.717, 1.165) is 22.7 Å².